The molecule has 1 atom stereocenters. The molecule has 0 radical (unpaired) electrons. The van der Waals surface area contributed by atoms with Crippen molar-refractivity contribution in [3.05, 3.63) is 29.3 Å². The van der Waals surface area contributed by atoms with Crippen LogP contribution in [0.15, 0.2) is 12.1 Å². The van der Waals surface area contributed by atoms with E-state index in [-0.39, 0.29) is 17.2 Å². The minimum absolute atomic E-state index is 0.0398. The lowest BCUT2D eigenvalue weighted by Gasteiger charge is -2.36. The molecule has 2 rings (SSSR count). The largest absolute Gasteiger partial charge is 0.444 e. The molecule has 1 aliphatic rings. The van der Waals surface area contributed by atoms with Crippen LogP contribution in [0.2, 0.25) is 0 Å². The zero-order valence-electron chi connectivity index (χ0n) is 15.7. The van der Waals surface area contributed by atoms with Crippen LogP contribution in [0.5, 0.6) is 0 Å². The van der Waals surface area contributed by atoms with Gasteiger partial charge in [-0.15, -0.1) is 0 Å². The summed E-state index contributed by atoms with van der Waals surface area (Å²) in [5, 5.41) is 8.82. The van der Waals surface area contributed by atoms with Crippen LogP contribution in [-0.2, 0) is 4.74 Å². The number of hydrogen-bond donors (Lipinski definition) is 0. The maximum Gasteiger partial charge on any atom is 0.410 e. The van der Waals surface area contributed by atoms with Gasteiger partial charge in [0.25, 0.3) is 0 Å². The second-order valence-corrected chi connectivity index (χ2v) is 7.72. The molecule has 0 aromatic heterocycles. The van der Waals surface area contributed by atoms with Crippen molar-refractivity contribution in [3.63, 3.8) is 0 Å². The maximum absolute atomic E-state index is 14.3. The van der Waals surface area contributed by atoms with Crippen molar-refractivity contribution in [1.82, 2.24) is 4.90 Å². The number of benzene rings is 1. The number of nitriles is 1. The summed E-state index contributed by atoms with van der Waals surface area (Å²) in [4.78, 5) is 15.3. The Labute approximate surface area is 153 Å². The third-order valence-electron chi connectivity index (χ3n) is 4.22. The van der Waals surface area contributed by atoms with Crippen LogP contribution in [0, 0.1) is 28.9 Å². The molecule has 1 amide bonds. The molecule has 26 heavy (non-hydrogen) atoms. The van der Waals surface area contributed by atoms with Gasteiger partial charge in [0.05, 0.1) is 11.6 Å². The van der Waals surface area contributed by atoms with E-state index in [0.29, 0.717) is 19.6 Å². The summed E-state index contributed by atoms with van der Waals surface area (Å²) >= 11 is 0. The molecular weight excluding hydrogens is 340 g/mol. The number of carbonyl (C=O) groups is 1. The summed E-state index contributed by atoms with van der Waals surface area (Å²) in [5.41, 5.74) is -0.714. The Kier molecular flexibility index (Phi) is 6.06. The van der Waals surface area contributed by atoms with E-state index in [4.69, 9.17) is 10.00 Å². The Morgan fingerprint density at radius 1 is 1.38 bits per heavy atom. The summed E-state index contributed by atoms with van der Waals surface area (Å²) in [6.45, 7) is 6.83. The van der Waals surface area contributed by atoms with E-state index < -0.39 is 23.3 Å². The first kappa shape index (κ1) is 20.0. The number of nitrogens with zero attached hydrogens (tertiary/aromatic N) is 3. The molecule has 1 heterocycles. The number of hydrogen-bond acceptors (Lipinski definition) is 4. The van der Waals surface area contributed by atoms with E-state index in [2.05, 4.69) is 0 Å². The lowest BCUT2D eigenvalue weighted by atomic mass is 9.96. The number of rotatable bonds is 3. The van der Waals surface area contributed by atoms with Gasteiger partial charge < -0.3 is 14.5 Å². The molecule has 1 aliphatic heterocycles. The second-order valence-electron chi connectivity index (χ2n) is 7.72. The highest BCUT2D eigenvalue weighted by Gasteiger charge is 2.28. The van der Waals surface area contributed by atoms with Crippen molar-refractivity contribution in [3.8, 4) is 6.07 Å². The van der Waals surface area contributed by atoms with Gasteiger partial charge in [-0.05, 0) is 51.7 Å². The molecular formula is C19H25F2N3O2. The van der Waals surface area contributed by atoms with Gasteiger partial charge in [0.2, 0.25) is 0 Å². The number of ether oxygens (including phenoxy) is 1. The fraction of sp³-hybridized carbons (Fsp3) is 0.579. The minimum Gasteiger partial charge on any atom is -0.444 e. The van der Waals surface area contributed by atoms with Gasteiger partial charge in [0.1, 0.15) is 11.3 Å². The average Bonchev–Trinajstić information content (AvgIpc) is 2.52. The maximum atomic E-state index is 14.3. The van der Waals surface area contributed by atoms with E-state index in [0.717, 1.165) is 25.0 Å². The van der Waals surface area contributed by atoms with Crippen molar-refractivity contribution in [2.24, 2.45) is 5.92 Å². The van der Waals surface area contributed by atoms with Crippen LogP contribution in [0.25, 0.3) is 0 Å². The number of anilines is 1. The summed E-state index contributed by atoms with van der Waals surface area (Å²) in [6.07, 6.45) is 1.22. The van der Waals surface area contributed by atoms with Crippen molar-refractivity contribution in [2.75, 3.05) is 31.6 Å². The number of amides is 1. The number of carbonyl (C=O) groups excluding carboxylic acids is 1. The van der Waals surface area contributed by atoms with Crippen LogP contribution in [0.4, 0.5) is 19.3 Å². The van der Waals surface area contributed by atoms with Gasteiger partial charge in [-0.25, -0.2) is 13.6 Å². The van der Waals surface area contributed by atoms with E-state index >= 15 is 0 Å². The summed E-state index contributed by atoms with van der Waals surface area (Å²) in [5.74, 6) is -1.39. The van der Waals surface area contributed by atoms with Gasteiger partial charge in [-0.1, -0.05) is 0 Å². The standard InChI is InChI=1S/C19H25F2N3O2/c1-19(2,3)26-18(25)23(4)11-13-6-5-7-24(12-13)17-15(20)8-14(10-22)9-16(17)21/h8-9,13H,5-7,11-12H2,1-4H3. The zero-order chi connectivity index (χ0) is 19.5. The quantitative estimate of drug-likeness (QED) is 0.815. The SMILES string of the molecule is CN(CC1CCCN(c2c(F)cc(C#N)cc2F)C1)C(=O)OC(C)(C)C. The lowest BCUT2D eigenvalue weighted by molar-refractivity contribution is 0.0269. The Balaban J connectivity index is 2.06. The molecule has 0 saturated carbocycles. The Morgan fingerprint density at radius 3 is 2.54 bits per heavy atom. The van der Waals surface area contributed by atoms with Gasteiger partial charge in [-0.3, -0.25) is 0 Å². The van der Waals surface area contributed by atoms with Gasteiger partial charge in [-0.2, -0.15) is 5.26 Å². The van der Waals surface area contributed by atoms with Crippen LogP contribution < -0.4 is 4.90 Å². The van der Waals surface area contributed by atoms with E-state index in [1.165, 1.54) is 4.90 Å². The van der Waals surface area contributed by atoms with E-state index in [1.54, 1.807) is 38.8 Å². The molecule has 1 aromatic carbocycles. The lowest BCUT2D eigenvalue weighted by Crippen LogP contribution is -2.43. The van der Waals surface area contributed by atoms with Gasteiger partial charge in [0.15, 0.2) is 11.6 Å². The predicted octanol–water partition coefficient (Wildman–Crippen LogP) is 3.92. The summed E-state index contributed by atoms with van der Waals surface area (Å²) in [6, 6.07) is 3.85. The van der Waals surface area contributed by atoms with Crippen LogP contribution in [-0.4, -0.2) is 43.3 Å². The first-order valence-electron chi connectivity index (χ1n) is 8.69. The summed E-state index contributed by atoms with van der Waals surface area (Å²) in [7, 11) is 1.66. The molecule has 1 saturated heterocycles. The first-order valence-corrected chi connectivity index (χ1v) is 8.69. The molecule has 0 spiro atoms. The molecule has 1 unspecified atom stereocenters. The van der Waals surface area contributed by atoms with Gasteiger partial charge >= 0.3 is 6.09 Å². The predicted molar refractivity (Wildman–Crippen MR) is 94.9 cm³/mol. The van der Waals surface area contributed by atoms with E-state index in [1.807, 2.05) is 0 Å². The molecule has 0 N–H and O–H groups in total. The molecule has 0 bridgehead atoms. The highest BCUT2D eigenvalue weighted by atomic mass is 19.1. The van der Waals surface area contributed by atoms with Crippen molar-refractivity contribution in [1.29, 1.82) is 5.26 Å². The first-order chi connectivity index (χ1) is 12.1. The Hall–Kier alpha value is -2.36. The highest BCUT2D eigenvalue weighted by molar-refractivity contribution is 5.67. The average molecular weight is 365 g/mol. The summed E-state index contributed by atoms with van der Waals surface area (Å²) < 4.78 is 33.9. The molecule has 1 aromatic rings. The van der Waals surface area contributed by atoms with Gasteiger partial charge in [0, 0.05) is 26.7 Å². The molecule has 7 heteroatoms. The van der Waals surface area contributed by atoms with Crippen LogP contribution in [0.3, 0.4) is 0 Å². The Bertz CT molecular complexity index is 687. The molecule has 1 fully saturated rings. The highest BCUT2D eigenvalue weighted by Crippen LogP contribution is 2.29. The molecule has 142 valence electrons. The minimum atomic E-state index is -0.734. The fourth-order valence-electron chi connectivity index (χ4n) is 3.15. The van der Waals surface area contributed by atoms with Crippen molar-refractivity contribution < 1.29 is 18.3 Å². The van der Waals surface area contributed by atoms with Crippen molar-refractivity contribution >= 4 is 11.8 Å². The number of halogens is 2. The topological polar surface area (TPSA) is 56.6 Å². The third kappa shape index (κ3) is 5.07. The third-order valence-corrected chi connectivity index (χ3v) is 4.22. The van der Waals surface area contributed by atoms with Crippen LogP contribution in [0.1, 0.15) is 39.2 Å². The normalized spacial score (nSPS) is 17.6. The van der Waals surface area contributed by atoms with Crippen molar-refractivity contribution in [2.45, 2.75) is 39.2 Å². The monoisotopic (exact) mass is 365 g/mol. The molecule has 0 aliphatic carbocycles. The second kappa shape index (κ2) is 7.90. The zero-order valence-corrected chi connectivity index (χ0v) is 15.7. The number of piperidine rings is 1. The fourth-order valence-corrected chi connectivity index (χ4v) is 3.15. The molecule has 5 nitrogen and oxygen atoms in total. The van der Waals surface area contributed by atoms with E-state index in [9.17, 15) is 13.6 Å². The Morgan fingerprint density at radius 2 is 2.00 bits per heavy atom. The van der Waals surface area contributed by atoms with Crippen LogP contribution >= 0.6 is 0 Å². The smallest absolute Gasteiger partial charge is 0.410 e.